The van der Waals surface area contributed by atoms with Crippen LogP contribution in [0.3, 0.4) is 0 Å². The summed E-state index contributed by atoms with van der Waals surface area (Å²) in [6.07, 6.45) is 1.65. The van der Waals surface area contributed by atoms with Crippen molar-refractivity contribution in [2.24, 2.45) is 5.92 Å². The van der Waals surface area contributed by atoms with Gasteiger partial charge in [-0.15, -0.1) is 0 Å². The SMILES string of the molecule is CCC(=O)c1ccccc1N1CC(C)Cc2ccccc21. The molecule has 2 aromatic carbocycles. The Labute approximate surface area is 126 Å². The highest BCUT2D eigenvalue weighted by molar-refractivity contribution is 6.02. The summed E-state index contributed by atoms with van der Waals surface area (Å²) < 4.78 is 0. The highest BCUT2D eigenvalue weighted by Gasteiger charge is 2.25. The molecule has 3 rings (SSSR count). The third-order valence-corrected chi connectivity index (χ3v) is 4.16. The van der Waals surface area contributed by atoms with Gasteiger partial charge in [-0.05, 0) is 36.1 Å². The first kappa shape index (κ1) is 13.9. The second-order valence-corrected chi connectivity index (χ2v) is 5.84. The summed E-state index contributed by atoms with van der Waals surface area (Å²) in [7, 11) is 0. The Kier molecular flexibility index (Phi) is 3.78. The number of anilines is 2. The molecule has 0 saturated heterocycles. The highest BCUT2D eigenvalue weighted by atomic mass is 16.1. The monoisotopic (exact) mass is 279 g/mol. The van der Waals surface area contributed by atoms with Crippen LogP contribution in [0, 0.1) is 5.92 Å². The van der Waals surface area contributed by atoms with E-state index in [2.05, 4.69) is 42.2 Å². The zero-order valence-corrected chi connectivity index (χ0v) is 12.7. The summed E-state index contributed by atoms with van der Waals surface area (Å²) >= 11 is 0. The number of fused-ring (bicyclic) bond motifs is 1. The topological polar surface area (TPSA) is 20.3 Å². The third kappa shape index (κ3) is 2.58. The standard InChI is InChI=1S/C19H21NO/c1-3-19(21)16-9-5-7-11-18(16)20-13-14(2)12-15-8-4-6-10-17(15)20/h4-11,14H,3,12-13H2,1-2H3. The van der Waals surface area contributed by atoms with Crippen LogP contribution in [0.1, 0.15) is 36.2 Å². The first-order chi connectivity index (χ1) is 10.2. The summed E-state index contributed by atoms with van der Waals surface area (Å²) in [4.78, 5) is 14.6. The molecule has 1 heterocycles. The van der Waals surface area contributed by atoms with Crippen molar-refractivity contribution in [3.8, 4) is 0 Å². The Morgan fingerprint density at radius 1 is 1.10 bits per heavy atom. The summed E-state index contributed by atoms with van der Waals surface area (Å²) in [5, 5.41) is 0. The van der Waals surface area contributed by atoms with Crippen molar-refractivity contribution < 1.29 is 4.79 Å². The van der Waals surface area contributed by atoms with E-state index in [9.17, 15) is 4.79 Å². The number of carbonyl (C=O) groups excluding carboxylic acids is 1. The minimum absolute atomic E-state index is 0.210. The lowest BCUT2D eigenvalue weighted by Crippen LogP contribution is -2.31. The molecule has 0 amide bonds. The van der Waals surface area contributed by atoms with Crippen molar-refractivity contribution in [1.82, 2.24) is 0 Å². The predicted octanol–water partition coefficient (Wildman–Crippen LogP) is 4.61. The van der Waals surface area contributed by atoms with E-state index < -0.39 is 0 Å². The molecule has 0 fully saturated rings. The van der Waals surface area contributed by atoms with Crippen LogP contribution in [0.5, 0.6) is 0 Å². The lowest BCUT2D eigenvalue weighted by atomic mass is 9.92. The Hall–Kier alpha value is -2.09. The maximum absolute atomic E-state index is 12.2. The molecule has 2 aromatic rings. The van der Waals surface area contributed by atoms with Gasteiger partial charge in [0.15, 0.2) is 5.78 Å². The molecular formula is C19H21NO. The zero-order chi connectivity index (χ0) is 14.8. The molecule has 1 atom stereocenters. The second-order valence-electron chi connectivity index (χ2n) is 5.84. The first-order valence-corrected chi connectivity index (χ1v) is 7.68. The highest BCUT2D eigenvalue weighted by Crippen LogP contribution is 2.37. The van der Waals surface area contributed by atoms with E-state index in [0.29, 0.717) is 12.3 Å². The van der Waals surface area contributed by atoms with Gasteiger partial charge in [0.05, 0.1) is 5.69 Å². The normalized spacial score (nSPS) is 17.4. The van der Waals surface area contributed by atoms with Gasteiger partial charge < -0.3 is 4.90 Å². The summed E-state index contributed by atoms with van der Waals surface area (Å²) in [5.74, 6) is 0.797. The Balaban J connectivity index is 2.11. The van der Waals surface area contributed by atoms with E-state index in [1.165, 1.54) is 11.3 Å². The Morgan fingerprint density at radius 2 is 1.76 bits per heavy atom. The zero-order valence-electron chi connectivity index (χ0n) is 12.7. The number of benzene rings is 2. The molecule has 108 valence electrons. The molecule has 1 aliphatic heterocycles. The molecule has 1 unspecified atom stereocenters. The fraction of sp³-hybridized carbons (Fsp3) is 0.316. The second kappa shape index (κ2) is 5.72. The summed E-state index contributed by atoms with van der Waals surface area (Å²) in [6, 6.07) is 16.5. The Morgan fingerprint density at radius 3 is 2.52 bits per heavy atom. The van der Waals surface area contributed by atoms with Gasteiger partial charge in [0.1, 0.15) is 0 Å². The van der Waals surface area contributed by atoms with Gasteiger partial charge in [-0.1, -0.05) is 44.2 Å². The number of carbonyl (C=O) groups is 1. The van der Waals surface area contributed by atoms with Crippen LogP contribution in [-0.4, -0.2) is 12.3 Å². The van der Waals surface area contributed by atoms with Crippen LogP contribution in [0.15, 0.2) is 48.5 Å². The summed E-state index contributed by atoms with van der Waals surface area (Å²) in [6.45, 7) is 5.16. The predicted molar refractivity (Wildman–Crippen MR) is 87.4 cm³/mol. The number of ketones is 1. The largest absolute Gasteiger partial charge is 0.340 e. The maximum atomic E-state index is 12.2. The molecule has 0 aliphatic carbocycles. The molecule has 21 heavy (non-hydrogen) atoms. The number of rotatable bonds is 3. The number of nitrogens with zero attached hydrogens (tertiary/aromatic N) is 1. The molecule has 0 saturated carbocycles. The molecule has 0 N–H and O–H groups in total. The van der Waals surface area contributed by atoms with E-state index in [4.69, 9.17) is 0 Å². The van der Waals surface area contributed by atoms with Crippen LogP contribution in [0.2, 0.25) is 0 Å². The van der Waals surface area contributed by atoms with Gasteiger partial charge in [-0.2, -0.15) is 0 Å². The van der Waals surface area contributed by atoms with E-state index in [1.807, 2.05) is 25.1 Å². The van der Waals surface area contributed by atoms with E-state index in [-0.39, 0.29) is 5.78 Å². The molecule has 0 bridgehead atoms. The van der Waals surface area contributed by atoms with Crippen LogP contribution in [0.4, 0.5) is 11.4 Å². The molecule has 1 aliphatic rings. The molecular weight excluding hydrogens is 258 g/mol. The fourth-order valence-corrected chi connectivity index (χ4v) is 3.16. The van der Waals surface area contributed by atoms with Crippen molar-refractivity contribution in [3.05, 3.63) is 59.7 Å². The quantitative estimate of drug-likeness (QED) is 0.765. The fourth-order valence-electron chi connectivity index (χ4n) is 3.16. The van der Waals surface area contributed by atoms with Crippen molar-refractivity contribution in [2.75, 3.05) is 11.4 Å². The lowest BCUT2D eigenvalue weighted by molar-refractivity contribution is 0.0988. The van der Waals surface area contributed by atoms with Crippen LogP contribution >= 0.6 is 0 Å². The number of hydrogen-bond acceptors (Lipinski definition) is 2. The van der Waals surface area contributed by atoms with Crippen molar-refractivity contribution >= 4 is 17.2 Å². The van der Waals surface area contributed by atoms with Crippen LogP contribution < -0.4 is 4.90 Å². The smallest absolute Gasteiger partial charge is 0.164 e. The number of Topliss-reactive ketones (excluding diaryl/α,β-unsaturated/α-hetero) is 1. The average molecular weight is 279 g/mol. The van der Waals surface area contributed by atoms with E-state index in [0.717, 1.165) is 24.2 Å². The van der Waals surface area contributed by atoms with Crippen molar-refractivity contribution in [1.29, 1.82) is 0 Å². The third-order valence-electron chi connectivity index (χ3n) is 4.16. The molecule has 0 spiro atoms. The van der Waals surface area contributed by atoms with Gasteiger partial charge in [0.2, 0.25) is 0 Å². The van der Waals surface area contributed by atoms with Crippen LogP contribution in [-0.2, 0) is 6.42 Å². The minimum Gasteiger partial charge on any atom is -0.340 e. The minimum atomic E-state index is 0.210. The van der Waals surface area contributed by atoms with Crippen LogP contribution in [0.25, 0.3) is 0 Å². The van der Waals surface area contributed by atoms with Gasteiger partial charge >= 0.3 is 0 Å². The van der Waals surface area contributed by atoms with Gasteiger partial charge in [-0.3, -0.25) is 4.79 Å². The Bertz CT molecular complexity index is 662. The van der Waals surface area contributed by atoms with E-state index >= 15 is 0 Å². The van der Waals surface area contributed by atoms with E-state index in [1.54, 1.807) is 0 Å². The molecule has 2 nitrogen and oxygen atoms in total. The van der Waals surface area contributed by atoms with Crippen molar-refractivity contribution in [2.45, 2.75) is 26.7 Å². The number of para-hydroxylation sites is 2. The molecule has 2 heteroatoms. The van der Waals surface area contributed by atoms with Gasteiger partial charge in [-0.25, -0.2) is 0 Å². The first-order valence-electron chi connectivity index (χ1n) is 7.68. The lowest BCUT2D eigenvalue weighted by Gasteiger charge is -2.35. The molecule has 0 aromatic heterocycles. The van der Waals surface area contributed by atoms with Gasteiger partial charge in [0.25, 0.3) is 0 Å². The average Bonchev–Trinajstić information content (AvgIpc) is 2.53. The summed E-state index contributed by atoms with van der Waals surface area (Å²) in [5.41, 5.74) is 4.49. The molecule has 0 radical (unpaired) electrons. The van der Waals surface area contributed by atoms with Gasteiger partial charge in [0, 0.05) is 24.2 Å². The van der Waals surface area contributed by atoms with Crippen molar-refractivity contribution in [3.63, 3.8) is 0 Å². The number of hydrogen-bond donors (Lipinski definition) is 0. The maximum Gasteiger partial charge on any atom is 0.164 e.